The molecule has 1 heterocycles. The summed E-state index contributed by atoms with van der Waals surface area (Å²) in [6.45, 7) is 7.46. The average Bonchev–Trinajstić information content (AvgIpc) is 2.46. The normalized spacial score (nSPS) is 21.1. The van der Waals surface area contributed by atoms with E-state index >= 15 is 0 Å². The molecule has 1 fully saturated rings. The molecule has 0 radical (unpaired) electrons. The van der Waals surface area contributed by atoms with Crippen LogP contribution >= 0.6 is 0 Å². The number of sulfonamides is 1. The minimum absolute atomic E-state index is 0.186. The topological polar surface area (TPSA) is 98.9 Å². The molecule has 1 aromatic rings. The van der Waals surface area contributed by atoms with Gasteiger partial charge < -0.3 is 14.4 Å². The fourth-order valence-electron chi connectivity index (χ4n) is 1.93. The number of phenols is 1. The van der Waals surface area contributed by atoms with Crippen LogP contribution in [-0.4, -0.2) is 31.8 Å². The van der Waals surface area contributed by atoms with Gasteiger partial charge in [0.25, 0.3) is 0 Å². The van der Waals surface area contributed by atoms with Crippen LogP contribution in [0, 0.1) is 0 Å². The zero-order valence-electron chi connectivity index (χ0n) is 11.9. The summed E-state index contributed by atoms with van der Waals surface area (Å²) in [7, 11) is -4.84. The van der Waals surface area contributed by atoms with Crippen LogP contribution in [0.1, 0.15) is 27.7 Å². The van der Waals surface area contributed by atoms with E-state index in [4.69, 9.17) is 14.4 Å². The van der Waals surface area contributed by atoms with Crippen LogP contribution in [0.3, 0.4) is 0 Å². The predicted molar refractivity (Wildman–Crippen MR) is 75.2 cm³/mol. The van der Waals surface area contributed by atoms with Crippen LogP contribution in [0.15, 0.2) is 23.1 Å². The second kappa shape index (κ2) is 4.46. The maximum Gasteiger partial charge on any atom is 0.496 e. The third-order valence-corrected chi connectivity index (χ3v) is 4.78. The van der Waals surface area contributed by atoms with Gasteiger partial charge in [0.1, 0.15) is 5.75 Å². The SMILES string of the molecule is CC1(C)OB(c2ccc(O)cc2S(N)(=O)=O)OC1(C)C. The summed E-state index contributed by atoms with van der Waals surface area (Å²) in [6, 6.07) is 3.90. The molecule has 2 rings (SSSR count). The zero-order valence-corrected chi connectivity index (χ0v) is 12.7. The van der Waals surface area contributed by atoms with Gasteiger partial charge in [-0.15, -0.1) is 0 Å². The summed E-state index contributed by atoms with van der Waals surface area (Å²) in [5.41, 5.74) is -0.903. The molecule has 0 bridgehead atoms. The highest BCUT2D eigenvalue weighted by Crippen LogP contribution is 2.37. The molecule has 8 heteroatoms. The molecule has 0 atom stereocenters. The minimum Gasteiger partial charge on any atom is -0.508 e. The Morgan fingerprint density at radius 3 is 2.10 bits per heavy atom. The van der Waals surface area contributed by atoms with Gasteiger partial charge in [0.05, 0.1) is 16.1 Å². The fraction of sp³-hybridized carbons (Fsp3) is 0.500. The molecule has 3 N–H and O–H groups in total. The largest absolute Gasteiger partial charge is 0.508 e. The van der Waals surface area contributed by atoms with Crippen molar-refractivity contribution in [3.05, 3.63) is 18.2 Å². The van der Waals surface area contributed by atoms with Crippen LogP contribution < -0.4 is 10.6 Å². The van der Waals surface area contributed by atoms with Crippen molar-refractivity contribution < 1.29 is 22.8 Å². The van der Waals surface area contributed by atoms with E-state index in [2.05, 4.69) is 0 Å². The molecule has 0 unspecified atom stereocenters. The van der Waals surface area contributed by atoms with E-state index in [0.717, 1.165) is 6.07 Å². The number of hydrogen-bond acceptors (Lipinski definition) is 5. The Balaban J connectivity index is 2.51. The predicted octanol–water partition coefficient (Wildman–Crippen LogP) is 0.339. The van der Waals surface area contributed by atoms with E-state index in [9.17, 15) is 13.5 Å². The molecular formula is C12H18BNO5S. The molecule has 1 aliphatic heterocycles. The lowest BCUT2D eigenvalue weighted by Gasteiger charge is -2.32. The Labute approximate surface area is 119 Å². The Morgan fingerprint density at radius 1 is 1.15 bits per heavy atom. The summed E-state index contributed by atoms with van der Waals surface area (Å²) >= 11 is 0. The van der Waals surface area contributed by atoms with Gasteiger partial charge >= 0.3 is 7.12 Å². The van der Waals surface area contributed by atoms with Gasteiger partial charge in [-0.05, 0) is 39.8 Å². The van der Waals surface area contributed by atoms with Crippen molar-refractivity contribution in [1.29, 1.82) is 0 Å². The number of primary sulfonamides is 1. The minimum atomic E-state index is -3.99. The van der Waals surface area contributed by atoms with Gasteiger partial charge in [-0.1, -0.05) is 6.07 Å². The Bertz CT molecular complexity index is 625. The zero-order chi connectivity index (χ0) is 15.3. The first-order valence-electron chi connectivity index (χ1n) is 6.15. The summed E-state index contributed by atoms with van der Waals surface area (Å²) in [6.07, 6.45) is 0. The van der Waals surface area contributed by atoms with Crippen molar-refractivity contribution in [3.8, 4) is 5.75 Å². The molecule has 0 saturated carbocycles. The monoisotopic (exact) mass is 299 g/mol. The van der Waals surface area contributed by atoms with Crippen LogP contribution in [0.5, 0.6) is 5.75 Å². The van der Waals surface area contributed by atoms with E-state index in [1.165, 1.54) is 12.1 Å². The van der Waals surface area contributed by atoms with Crippen molar-refractivity contribution in [2.24, 2.45) is 5.14 Å². The van der Waals surface area contributed by atoms with Gasteiger partial charge in [0.15, 0.2) is 0 Å². The maximum atomic E-state index is 11.6. The molecule has 20 heavy (non-hydrogen) atoms. The number of benzene rings is 1. The van der Waals surface area contributed by atoms with E-state index in [-0.39, 0.29) is 16.1 Å². The van der Waals surface area contributed by atoms with Gasteiger partial charge in [-0.3, -0.25) is 0 Å². The number of hydrogen-bond donors (Lipinski definition) is 2. The molecule has 1 saturated heterocycles. The van der Waals surface area contributed by atoms with Crippen LogP contribution in [0.25, 0.3) is 0 Å². The summed E-state index contributed by atoms with van der Waals surface area (Å²) in [5, 5.41) is 14.6. The molecule has 0 amide bonds. The Hall–Kier alpha value is -1.09. The summed E-state index contributed by atoms with van der Waals surface area (Å²) < 4.78 is 34.9. The third-order valence-electron chi connectivity index (χ3n) is 3.81. The average molecular weight is 299 g/mol. The molecule has 0 aromatic heterocycles. The lowest BCUT2D eigenvalue weighted by Crippen LogP contribution is -2.41. The Kier molecular flexibility index (Phi) is 3.41. The molecular weight excluding hydrogens is 281 g/mol. The maximum absolute atomic E-state index is 11.6. The first-order chi connectivity index (χ1) is 8.94. The molecule has 6 nitrogen and oxygen atoms in total. The second-order valence-corrected chi connectivity index (χ2v) is 7.39. The summed E-state index contributed by atoms with van der Waals surface area (Å²) in [4.78, 5) is -0.198. The fourth-order valence-corrected chi connectivity index (χ4v) is 2.71. The van der Waals surface area contributed by atoms with Crippen molar-refractivity contribution in [2.75, 3.05) is 0 Å². The summed E-state index contributed by atoms with van der Waals surface area (Å²) in [5.74, 6) is -0.186. The first kappa shape index (κ1) is 15.3. The number of rotatable bonds is 2. The van der Waals surface area contributed by atoms with E-state index in [1.807, 2.05) is 27.7 Å². The lowest BCUT2D eigenvalue weighted by atomic mass is 9.79. The van der Waals surface area contributed by atoms with Crippen LogP contribution in [0.4, 0.5) is 0 Å². The molecule has 1 aromatic carbocycles. The number of nitrogens with two attached hydrogens (primary N) is 1. The number of aromatic hydroxyl groups is 1. The lowest BCUT2D eigenvalue weighted by molar-refractivity contribution is 0.00578. The quantitative estimate of drug-likeness (QED) is 0.767. The van der Waals surface area contributed by atoms with Gasteiger partial charge in [0, 0.05) is 5.46 Å². The van der Waals surface area contributed by atoms with Crippen LogP contribution in [0.2, 0.25) is 0 Å². The standard InChI is InChI=1S/C12H18BNO5S/c1-11(2)12(3,4)19-13(18-11)9-6-5-8(15)7-10(9)20(14,16)17/h5-7,15H,1-4H3,(H2,14,16,17). The van der Waals surface area contributed by atoms with E-state index < -0.39 is 28.3 Å². The van der Waals surface area contributed by atoms with E-state index in [1.54, 1.807) is 0 Å². The second-order valence-electron chi connectivity index (χ2n) is 5.86. The van der Waals surface area contributed by atoms with Crippen molar-refractivity contribution in [2.45, 2.75) is 43.8 Å². The molecule has 0 aliphatic carbocycles. The van der Waals surface area contributed by atoms with Crippen molar-refractivity contribution in [1.82, 2.24) is 0 Å². The molecule has 0 spiro atoms. The van der Waals surface area contributed by atoms with Gasteiger partial charge in [-0.25, -0.2) is 13.6 Å². The molecule has 1 aliphatic rings. The van der Waals surface area contributed by atoms with E-state index in [0.29, 0.717) is 0 Å². The third kappa shape index (κ3) is 2.56. The Morgan fingerprint density at radius 2 is 1.65 bits per heavy atom. The highest BCUT2D eigenvalue weighted by molar-refractivity contribution is 7.89. The smallest absolute Gasteiger partial charge is 0.496 e. The molecule has 110 valence electrons. The highest BCUT2D eigenvalue weighted by Gasteiger charge is 2.52. The van der Waals surface area contributed by atoms with Gasteiger partial charge in [-0.2, -0.15) is 0 Å². The highest BCUT2D eigenvalue weighted by atomic mass is 32.2. The van der Waals surface area contributed by atoms with Gasteiger partial charge in [0.2, 0.25) is 10.0 Å². The van der Waals surface area contributed by atoms with Crippen LogP contribution in [-0.2, 0) is 19.3 Å². The number of phenolic OH excluding ortho intramolecular Hbond substituents is 1. The van der Waals surface area contributed by atoms with Crippen molar-refractivity contribution in [3.63, 3.8) is 0 Å². The first-order valence-corrected chi connectivity index (χ1v) is 7.70. The van der Waals surface area contributed by atoms with Crippen molar-refractivity contribution >= 4 is 22.6 Å².